The van der Waals surface area contributed by atoms with E-state index in [0.29, 0.717) is 12.8 Å². The van der Waals surface area contributed by atoms with Crippen LogP contribution in [0.15, 0.2) is 36.4 Å². The van der Waals surface area contributed by atoms with Gasteiger partial charge in [-0.05, 0) is 36.8 Å². The standard InChI is InChI=1S/C20H23N3O4/c1-22-16(25)15-10-20(11-6-8-12(24)9-7-11)13-4-2-3-5-14(13)21-19(20)23(15)18(27)17(22)26/h2-6,8,11-12,15,17,19,21,24,26H,7,9-10H2,1H3/t11?,12-,15?,17-,19-,20+/m1/s1. The lowest BCUT2D eigenvalue weighted by Crippen LogP contribution is -2.64. The molecular formula is C20H23N3O4. The van der Waals surface area contributed by atoms with Gasteiger partial charge in [0.25, 0.3) is 5.91 Å². The molecule has 5 rings (SSSR count). The van der Waals surface area contributed by atoms with Crippen molar-refractivity contribution in [1.29, 1.82) is 0 Å². The van der Waals surface area contributed by atoms with Crippen LogP contribution in [0, 0.1) is 5.92 Å². The van der Waals surface area contributed by atoms with E-state index >= 15 is 0 Å². The van der Waals surface area contributed by atoms with E-state index in [-0.39, 0.29) is 18.0 Å². The highest BCUT2D eigenvalue weighted by molar-refractivity contribution is 5.97. The molecule has 2 fully saturated rings. The molecule has 3 aliphatic heterocycles. The van der Waals surface area contributed by atoms with Gasteiger partial charge in [-0.15, -0.1) is 0 Å². The van der Waals surface area contributed by atoms with Crippen molar-refractivity contribution in [2.75, 3.05) is 12.4 Å². The summed E-state index contributed by atoms with van der Waals surface area (Å²) in [7, 11) is 1.47. The molecule has 142 valence electrons. The third kappa shape index (κ3) is 2.04. The van der Waals surface area contributed by atoms with E-state index in [4.69, 9.17) is 0 Å². The highest BCUT2D eigenvalue weighted by Gasteiger charge is 2.65. The number of nitrogens with one attached hydrogen (secondary N) is 1. The van der Waals surface area contributed by atoms with E-state index < -0.39 is 29.7 Å². The van der Waals surface area contributed by atoms with E-state index in [1.165, 1.54) is 7.05 Å². The number of carbonyl (C=O) groups excluding carboxylic acids is 2. The summed E-state index contributed by atoms with van der Waals surface area (Å²) in [6.07, 6.45) is 3.54. The Morgan fingerprint density at radius 2 is 1.89 bits per heavy atom. The Kier molecular flexibility index (Phi) is 3.45. The van der Waals surface area contributed by atoms with Gasteiger partial charge in [0.05, 0.1) is 6.10 Å². The quantitative estimate of drug-likeness (QED) is 0.623. The largest absolute Gasteiger partial charge is 0.389 e. The summed E-state index contributed by atoms with van der Waals surface area (Å²) in [6, 6.07) is 7.40. The third-order valence-corrected chi connectivity index (χ3v) is 6.83. The molecule has 1 aromatic carbocycles. The average Bonchev–Trinajstić information content (AvgIpc) is 3.17. The van der Waals surface area contributed by atoms with E-state index in [2.05, 4.69) is 11.4 Å². The lowest BCUT2D eigenvalue weighted by atomic mass is 9.65. The number of likely N-dealkylation sites (N-methyl/N-ethyl adjacent to an activating group) is 1. The molecule has 0 radical (unpaired) electrons. The molecule has 1 aromatic rings. The summed E-state index contributed by atoms with van der Waals surface area (Å²) in [5.41, 5.74) is 1.62. The van der Waals surface area contributed by atoms with Gasteiger partial charge in [-0.2, -0.15) is 0 Å². The number of anilines is 1. The first-order valence-corrected chi connectivity index (χ1v) is 9.44. The van der Waals surface area contributed by atoms with Crippen molar-refractivity contribution in [1.82, 2.24) is 9.80 Å². The summed E-state index contributed by atoms with van der Waals surface area (Å²) < 4.78 is 0. The summed E-state index contributed by atoms with van der Waals surface area (Å²) in [5.74, 6) is -0.570. The number of rotatable bonds is 1. The minimum atomic E-state index is -1.45. The van der Waals surface area contributed by atoms with Crippen LogP contribution in [0.4, 0.5) is 5.69 Å². The highest BCUT2D eigenvalue weighted by atomic mass is 16.3. The van der Waals surface area contributed by atoms with Gasteiger partial charge in [-0.25, -0.2) is 0 Å². The number of aliphatic hydroxyl groups excluding tert-OH is 2. The lowest BCUT2D eigenvalue weighted by molar-refractivity contribution is -0.173. The number of amides is 2. The molecule has 0 bridgehead atoms. The number of nitrogens with zero attached hydrogens (tertiary/aromatic N) is 2. The van der Waals surface area contributed by atoms with Crippen molar-refractivity contribution < 1.29 is 19.8 Å². The molecule has 2 saturated heterocycles. The number of hydrogen-bond donors (Lipinski definition) is 3. The van der Waals surface area contributed by atoms with Crippen LogP contribution in [0.2, 0.25) is 0 Å². The second-order valence-electron chi connectivity index (χ2n) is 8.06. The maximum absolute atomic E-state index is 12.9. The van der Waals surface area contributed by atoms with Gasteiger partial charge >= 0.3 is 0 Å². The molecule has 2 unspecified atom stereocenters. The normalized spacial score (nSPS) is 39.9. The van der Waals surface area contributed by atoms with Crippen molar-refractivity contribution in [3.8, 4) is 0 Å². The van der Waals surface area contributed by atoms with Crippen LogP contribution in [0.3, 0.4) is 0 Å². The Bertz CT molecular complexity index is 855. The zero-order valence-electron chi connectivity index (χ0n) is 15.1. The van der Waals surface area contributed by atoms with Crippen LogP contribution < -0.4 is 5.32 Å². The fraction of sp³-hybridized carbons (Fsp3) is 0.500. The minimum absolute atomic E-state index is 0.0932. The van der Waals surface area contributed by atoms with Gasteiger partial charge in [-0.3, -0.25) is 9.59 Å². The summed E-state index contributed by atoms with van der Waals surface area (Å²) >= 11 is 0. The number of piperazine rings is 1. The molecule has 3 N–H and O–H groups in total. The molecule has 1 aliphatic carbocycles. The number of allylic oxidation sites excluding steroid dienone is 1. The monoisotopic (exact) mass is 369 g/mol. The van der Waals surface area contributed by atoms with Crippen LogP contribution in [-0.4, -0.2) is 63.4 Å². The van der Waals surface area contributed by atoms with Crippen LogP contribution in [0.1, 0.15) is 24.8 Å². The summed E-state index contributed by atoms with van der Waals surface area (Å²) in [4.78, 5) is 28.5. The number of hydrogen-bond acceptors (Lipinski definition) is 5. The third-order valence-electron chi connectivity index (χ3n) is 6.83. The Hall–Kier alpha value is -2.38. The molecule has 4 aliphatic rings. The fourth-order valence-electron chi connectivity index (χ4n) is 5.51. The van der Waals surface area contributed by atoms with Gasteiger partial charge < -0.3 is 25.3 Å². The molecule has 7 nitrogen and oxygen atoms in total. The fourth-order valence-corrected chi connectivity index (χ4v) is 5.51. The SMILES string of the molecule is CN1C(=O)C2C[C@]3(C4C=C[C@@H](O)CC4)c4ccccc4N[C@@H]3N2C(=O)[C@H]1O. The smallest absolute Gasteiger partial charge is 0.275 e. The zero-order chi connectivity index (χ0) is 18.9. The minimum Gasteiger partial charge on any atom is -0.389 e. The Balaban J connectivity index is 1.67. The average molecular weight is 369 g/mol. The maximum atomic E-state index is 12.9. The molecule has 27 heavy (non-hydrogen) atoms. The van der Waals surface area contributed by atoms with Crippen molar-refractivity contribution in [2.45, 2.75) is 49.2 Å². The molecule has 0 saturated carbocycles. The van der Waals surface area contributed by atoms with E-state index in [9.17, 15) is 19.8 Å². The molecule has 0 aromatic heterocycles. The molecule has 3 heterocycles. The predicted octanol–water partition coefficient (Wildman–Crippen LogP) is 0.394. The summed E-state index contributed by atoms with van der Waals surface area (Å²) in [6.45, 7) is 0. The van der Waals surface area contributed by atoms with E-state index in [0.717, 1.165) is 22.6 Å². The van der Waals surface area contributed by atoms with Gasteiger partial charge in [0.15, 0.2) is 0 Å². The zero-order valence-corrected chi connectivity index (χ0v) is 15.1. The topological polar surface area (TPSA) is 93.1 Å². The number of fused-ring (bicyclic) bond motifs is 5. The molecule has 0 spiro atoms. The number of para-hydroxylation sites is 1. The van der Waals surface area contributed by atoms with Crippen molar-refractivity contribution in [3.05, 3.63) is 42.0 Å². The first-order chi connectivity index (χ1) is 12.9. The molecule has 7 heteroatoms. The first-order valence-electron chi connectivity index (χ1n) is 9.44. The Morgan fingerprint density at radius 3 is 2.63 bits per heavy atom. The van der Waals surface area contributed by atoms with Gasteiger partial charge in [0.2, 0.25) is 12.1 Å². The number of carbonyl (C=O) groups is 2. The van der Waals surface area contributed by atoms with Crippen LogP contribution in [0.5, 0.6) is 0 Å². The maximum Gasteiger partial charge on any atom is 0.275 e. The highest BCUT2D eigenvalue weighted by Crippen LogP contribution is 2.57. The van der Waals surface area contributed by atoms with Gasteiger partial charge in [0.1, 0.15) is 12.2 Å². The van der Waals surface area contributed by atoms with Crippen LogP contribution >= 0.6 is 0 Å². The predicted molar refractivity (Wildman–Crippen MR) is 97.4 cm³/mol. The lowest BCUT2D eigenvalue weighted by Gasteiger charge is -2.41. The second kappa shape index (κ2) is 5.56. The first kappa shape index (κ1) is 16.8. The van der Waals surface area contributed by atoms with E-state index in [1.807, 2.05) is 30.4 Å². The molecule has 2 amide bonds. The van der Waals surface area contributed by atoms with Crippen LogP contribution in [-0.2, 0) is 15.0 Å². The summed E-state index contributed by atoms with van der Waals surface area (Å²) in [5, 5.41) is 23.6. The van der Waals surface area contributed by atoms with Gasteiger partial charge in [-0.1, -0.05) is 30.4 Å². The van der Waals surface area contributed by atoms with Crippen LogP contribution in [0.25, 0.3) is 0 Å². The molecular weight excluding hydrogens is 346 g/mol. The van der Waals surface area contributed by atoms with Crippen molar-refractivity contribution >= 4 is 17.5 Å². The Labute approximate surface area is 157 Å². The number of aliphatic hydroxyl groups is 2. The number of benzene rings is 1. The Morgan fingerprint density at radius 1 is 1.11 bits per heavy atom. The molecule has 6 atom stereocenters. The second-order valence-corrected chi connectivity index (χ2v) is 8.06. The van der Waals surface area contributed by atoms with Crippen molar-refractivity contribution in [3.63, 3.8) is 0 Å². The van der Waals surface area contributed by atoms with Gasteiger partial charge in [0, 0.05) is 18.2 Å². The van der Waals surface area contributed by atoms with Crippen molar-refractivity contribution in [2.24, 2.45) is 5.92 Å². The van der Waals surface area contributed by atoms with E-state index in [1.54, 1.807) is 4.90 Å².